The van der Waals surface area contributed by atoms with Crippen LogP contribution in [0.25, 0.3) is 0 Å². The minimum atomic E-state index is -2.20. The van der Waals surface area contributed by atoms with Gasteiger partial charge in [-0.3, -0.25) is 0 Å². The van der Waals surface area contributed by atoms with Crippen LogP contribution in [-0.2, 0) is 4.79 Å². The summed E-state index contributed by atoms with van der Waals surface area (Å²) in [6.45, 7) is -0.843. The first-order chi connectivity index (χ1) is 5.91. The maximum absolute atomic E-state index is 10.1. The van der Waals surface area contributed by atoms with Crippen LogP contribution in [0.4, 0.5) is 0 Å². The second-order valence-corrected chi connectivity index (χ2v) is 2.51. The molecule has 15 heavy (non-hydrogen) atoms. The quantitative estimate of drug-likeness (QED) is 0.268. The van der Waals surface area contributed by atoms with Gasteiger partial charge in [0.05, 0.1) is 6.61 Å². The molecule has 6 N–H and O–H groups in total. The number of carbonyl (C=O) groups is 1. The fourth-order valence-corrected chi connectivity index (χ4v) is 0.668. The minimum absolute atomic E-state index is 0. The van der Waals surface area contributed by atoms with Crippen LogP contribution in [0.15, 0.2) is 0 Å². The van der Waals surface area contributed by atoms with Crippen LogP contribution in [0.1, 0.15) is 0 Å². The topological polar surface area (TPSA) is 138 Å². The maximum Gasteiger partial charge on any atom is 1.00 e. The van der Waals surface area contributed by atoms with Gasteiger partial charge < -0.3 is 43.0 Å². The van der Waals surface area contributed by atoms with Crippen molar-refractivity contribution >= 4 is 5.97 Å². The Morgan fingerprint density at radius 1 is 1.07 bits per heavy atom. The Morgan fingerprint density at radius 3 is 1.73 bits per heavy atom. The molecule has 0 spiro atoms. The standard InChI is InChI=1S/C6H12O7.ClH.Na/c7-1-2(8)3(9)4(10)5(11)6(12)13;;/h2-5,7-11H,1H2,(H,12,13);1H;/q;;+1/p-1. The fraction of sp³-hybridized carbons (Fsp3) is 0.833. The van der Waals surface area contributed by atoms with E-state index in [1.807, 2.05) is 0 Å². The molecule has 4 atom stereocenters. The van der Waals surface area contributed by atoms with E-state index in [1.54, 1.807) is 0 Å². The van der Waals surface area contributed by atoms with Gasteiger partial charge in [-0.1, -0.05) is 0 Å². The van der Waals surface area contributed by atoms with E-state index in [4.69, 9.17) is 30.6 Å². The molecule has 0 saturated heterocycles. The molecule has 0 saturated carbocycles. The third kappa shape index (κ3) is 6.67. The van der Waals surface area contributed by atoms with Crippen molar-refractivity contribution in [2.24, 2.45) is 0 Å². The summed E-state index contributed by atoms with van der Waals surface area (Å²) in [6, 6.07) is 0. The van der Waals surface area contributed by atoms with Crippen LogP contribution in [-0.4, -0.2) is 67.6 Å². The summed E-state index contributed by atoms with van der Waals surface area (Å²) in [7, 11) is 0. The molecule has 0 aromatic rings. The number of aliphatic hydroxyl groups excluding tert-OH is 5. The molecule has 0 aliphatic rings. The van der Waals surface area contributed by atoms with Crippen molar-refractivity contribution in [3.8, 4) is 0 Å². The SMILES string of the molecule is O=C(O)C(O)C(O)C(O)C(O)CO.[Cl-].[Na+]. The Kier molecular flexibility index (Phi) is 13.6. The van der Waals surface area contributed by atoms with E-state index >= 15 is 0 Å². The van der Waals surface area contributed by atoms with E-state index in [9.17, 15) is 4.79 Å². The van der Waals surface area contributed by atoms with Crippen LogP contribution >= 0.6 is 0 Å². The Morgan fingerprint density at radius 2 is 1.47 bits per heavy atom. The third-order valence-corrected chi connectivity index (χ3v) is 1.51. The van der Waals surface area contributed by atoms with Gasteiger partial charge >= 0.3 is 35.5 Å². The molecule has 4 unspecified atom stereocenters. The summed E-state index contributed by atoms with van der Waals surface area (Å²) >= 11 is 0. The average Bonchev–Trinajstić information content (AvgIpc) is 2.12. The second-order valence-electron chi connectivity index (χ2n) is 2.51. The molecule has 9 heteroatoms. The van der Waals surface area contributed by atoms with Crippen molar-refractivity contribution in [1.29, 1.82) is 0 Å². The van der Waals surface area contributed by atoms with Crippen LogP contribution in [0.3, 0.4) is 0 Å². The van der Waals surface area contributed by atoms with E-state index in [2.05, 4.69) is 0 Å². The smallest absolute Gasteiger partial charge is 1.00 e. The number of hydrogen-bond donors (Lipinski definition) is 6. The Labute approximate surface area is 114 Å². The summed E-state index contributed by atoms with van der Waals surface area (Å²) in [5.74, 6) is -1.73. The van der Waals surface area contributed by atoms with Gasteiger partial charge in [0.2, 0.25) is 0 Å². The molecule has 0 amide bonds. The van der Waals surface area contributed by atoms with Crippen molar-refractivity contribution in [1.82, 2.24) is 0 Å². The summed E-state index contributed by atoms with van der Waals surface area (Å²) in [5.41, 5.74) is 0. The molecule has 0 heterocycles. The summed E-state index contributed by atoms with van der Waals surface area (Å²) in [6.07, 6.45) is -7.84. The normalized spacial score (nSPS) is 17.7. The van der Waals surface area contributed by atoms with Gasteiger partial charge in [0, 0.05) is 0 Å². The van der Waals surface area contributed by atoms with Crippen LogP contribution in [0.5, 0.6) is 0 Å². The number of carboxylic acids is 1. The molecule has 86 valence electrons. The first kappa shape index (κ1) is 20.9. The number of halogens is 1. The van der Waals surface area contributed by atoms with Crippen molar-refractivity contribution < 1.29 is 77.4 Å². The second kappa shape index (κ2) is 9.76. The number of aliphatic carboxylic acids is 1. The fourth-order valence-electron chi connectivity index (χ4n) is 0.668. The van der Waals surface area contributed by atoms with Crippen LogP contribution in [0, 0.1) is 0 Å². The van der Waals surface area contributed by atoms with Gasteiger partial charge in [0.1, 0.15) is 18.3 Å². The first-order valence-corrected chi connectivity index (χ1v) is 3.47. The van der Waals surface area contributed by atoms with Gasteiger partial charge in [0.15, 0.2) is 6.10 Å². The summed E-state index contributed by atoms with van der Waals surface area (Å²) in [5, 5.41) is 51.8. The Hall–Kier alpha value is 0.560. The Balaban J connectivity index is -0.000000720. The van der Waals surface area contributed by atoms with Crippen molar-refractivity contribution in [2.45, 2.75) is 24.4 Å². The number of aliphatic hydroxyl groups is 5. The zero-order valence-electron chi connectivity index (χ0n) is 7.99. The molecular formula is C6H12ClNaO7. The number of rotatable bonds is 5. The molecule has 0 radical (unpaired) electrons. The molecule has 0 aromatic heterocycles. The van der Waals surface area contributed by atoms with Gasteiger partial charge in [-0.25, -0.2) is 4.79 Å². The monoisotopic (exact) mass is 254 g/mol. The van der Waals surface area contributed by atoms with E-state index in [0.717, 1.165) is 0 Å². The van der Waals surface area contributed by atoms with E-state index in [-0.39, 0.29) is 42.0 Å². The predicted molar refractivity (Wildman–Crippen MR) is 38.7 cm³/mol. The average molecular weight is 255 g/mol. The molecule has 0 aliphatic carbocycles. The van der Waals surface area contributed by atoms with Gasteiger partial charge in [-0.15, -0.1) is 0 Å². The van der Waals surface area contributed by atoms with Crippen molar-refractivity contribution in [3.63, 3.8) is 0 Å². The third-order valence-electron chi connectivity index (χ3n) is 1.51. The molecular weight excluding hydrogens is 243 g/mol. The zero-order chi connectivity index (χ0) is 10.6. The Bertz CT molecular complexity index is 181. The molecule has 0 aromatic carbocycles. The van der Waals surface area contributed by atoms with Gasteiger partial charge in [-0.05, 0) is 0 Å². The van der Waals surface area contributed by atoms with Gasteiger partial charge in [-0.2, -0.15) is 0 Å². The largest absolute Gasteiger partial charge is 1.00 e. The first-order valence-electron chi connectivity index (χ1n) is 3.47. The minimum Gasteiger partial charge on any atom is -1.00 e. The predicted octanol–water partition coefficient (Wildman–Crippen LogP) is -9.49. The molecule has 7 nitrogen and oxygen atoms in total. The van der Waals surface area contributed by atoms with Crippen LogP contribution < -0.4 is 42.0 Å². The number of carboxylic acid groups (broad SMARTS) is 1. The van der Waals surface area contributed by atoms with E-state index in [0.29, 0.717) is 0 Å². The van der Waals surface area contributed by atoms with Gasteiger partial charge in [0.25, 0.3) is 0 Å². The molecule has 0 fully saturated rings. The zero-order valence-corrected chi connectivity index (χ0v) is 10.7. The summed E-state index contributed by atoms with van der Waals surface area (Å²) in [4.78, 5) is 10.1. The van der Waals surface area contributed by atoms with Crippen LogP contribution in [0.2, 0.25) is 0 Å². The van der Waals surface area contributed by atoms with Crippen molar-refractivity contribution in [3.05, 3.63) is 0 Å². The van der Waals surface area contributed by atoms with E-state index < -0.39 is 37.0 Å². The maximum atomic E-state index is 10.1. The van der Waals surface area contributed by atoms with E-state index in [1.165, 1.54) is 0 Å². The molecule has 0 aliphatic heterocycles. The molecule has 0 bridgehead atoms. The van der Waals surface area contributed by atoms with Crippen molar-refractivity contribution in [2.75, 3.05) is 6.61 Å². The number of hydrogen-bond acceptors (Lipinski definition) is 6. The summed E-state index contributed by atoms with van der Waals surface area (Å²) < 4.78 is 0. The molecule has 0 rings (SSSR count).